The van der Waals surface area contributed by atoms with Gasteiger partial charge in [-0.15, -0.1) is 0 Å². The summed E-state index contributed by atoms with van der Waals surface area (Å²) in [4.78, 5) is 10.9. The lowest BCUT2D eigenvalue weighted by Gasteiger charge is -2.29. The van der Waals surface area contributed by atoms with E-state index in [0.717, 1.165) is 37.7 Å². The Morgan fingerprint density at radius 2 is 1.38 bits per heavy atom. The number of aromatic hydroxyl groups is 1. The molecular formula is C31H54O3. The molecule has 34 heavy (non-hydrogen) atoms. The van der Waals surface area contributed by atoms with E-state index in [-0.39, 0.29) is 17.8 Å². The number of aliphatic carboxylic acids is 1. The first-order valence-corrected chi connectivity index (χ1v) is 14.3. The number of benzene rings is 1. The van der Waals surface area contributed by atoms with Crippen LogP contribution < -0.4 is 0 Å². The third-order valence-electron chi connectivity index (χ3n) is 7.43. The van der Waals surface area contributed by atoms with Crippen molar-refractivity contribution in [3.8, 4) is 5.75 Å². The molecule has 0 heterocycles. The summed E-state index contributed by atoms with van der Waals surface area (Å²) in [5.41, 5.74) is 2.36. The fraction of sp³-hybridized carbons (Fsp3) is 0.774. The molecule has 1 rings (SSSR count). The Balaban J connectivity index is 2.33. The predicted octanol–water partition coefficient (Wildman–Crippen LogP) is 9.58. The number of rotatable bonds is 21. The Labute approximate surface area is 210 Å². The van der Waals surface area contributed by atoms with Crippen molar-refractivity contribution in [2.24, 2.45) is 5.92 Å². The van der Waals surface area contributed by atoms with Crippen molar-refractivity contribution in [1.82, 2.24) is 0 Å². The maximum Gasteiger partial charge on any atom is 0.303 e. The second-order valence-electron chi connectivity index (χ2n) is 11.3. The van der Waals surface area contributed by atoms with Crippen LogP contribution in [0, 0.1) is 5.92 Å². The number of carboxylic acid groups (broad SMARTS) is 1. The van der Waals surface area contributed by atoms with Crippen LogP contribution in [0.2, 0.25) is 0 Å². The van der Waals surface area contributed by atoms with E-state index in [1.807, 2.05) is 19.1 Å². The number of phenols is 1. The molecule has 1 aromatic carbocycles. The van der Waals surface area contributed by atoms with Gasteiger partial charge in [-0.1, -0.05) is 130 Å². The van der Waals surface area contributed by atoms with Crippen molar-refractivity contribution < 1.29 is 15.0 Å². The molecular weight excluding hydrogens is 420 g/mol. The van der Waals surface area contributed by atoms with Gasteiger partial charge in [0.2, 0.25) is 0 Å². The summed E-state index contributed by atoms with van der Waals surface area (Å²) in [7, 11) is 0. The van der Waals surface area contributed by atoms with Gasteiger partial charge in [0.1, 0.15) is 5.75 Å². The second kappa shape index (κ2) is 17.9. The van der Waals surface area contributed by atoms with E-state index in [4.69, 9.17) is 5.11 Å². The van der Waals surface area contributed by atoms with E-state index in [2.05, 4.69) is 26.8 Å². The van der Waals surface area contributed by atoms with Gasteiger partial charge >= 0.3 is 5.97 Å². The lowest BCUT2D eigenvalue weighted by atomic mass is 9.76. The fourth-order valence-corrected chi connectivity index (χ4v) is 5.22. The molecule has 1 unspecified atom stereocenters. The summed E-state index contributed by atoms with van der Waals surface area (Å²) in [5, 5.41) is 19.6. The van der Waals surface area contributed by atoms with Gasteiger partial charge in [-0.25, -0.2) is 0 Å². The van der Waals surface area contributed by atoms with Crippen LogP contribution >= 0.6 is 0 Å². The third kappa shape index (κ3) is 13.4. The van der Waals surface area contributed by atoms with E-state index < -0.39 is 5.97 Å². The summed E-state index contributed by atoms with van der Waals surface area (Å²) >= 11 is 0. The van der Waals surface area contributed by atoms with Crippen LogP contribution in [0.4, 0.5) is 0 Å². The van der Waals surface area contributed by atoms with Gasteiger partial charge in [0, 0.05) is 6.42 Å². The average Bonchev–Trinajstić information content (AvgIpc) is 2.77. The van der Waals surface area contributed by atoms with Crippen molar-refractivity contribution in [2.45, 2.75) is 149 Å². The Hall–Kier alpha value is -1.51. The van der Waals surface area contributed by atoms with Crippen molar-refractivity contribution in [3.05, 3.63) is 29.3 Å². The molecule has 0 spiro atoms. The van der Waals surface area contributed by atoms with E-state index in [1.165, 1.54) is 82.6 Å². The fourth-order valence-electron chi connectivity index (χ4n) is 5.22. The molecule has 0 amide bonds. The molecule has 1 aromatic rings. The minimum atomic E-state index is -0.708. The number of hydrogen-bond acceptors (Lipinski definition) is 2. The number of hydrogen-bond donors (Lipinski definition) is 2. The zero-order valence-electron chi connectivity index (χ0n) is 22.8. The minimum Gasteiger partial charge on any atom is -0.508 e. The van der Waals surface area contributed by atoms with Gasteiger partial charge in [0.05, 0.1) is 0 Å². The Bertz CT molecular complexity index is 665. The van der Waals surface area contributed by atoms with E-state index in [0.29, 0.717) is 5.75 Å². The van der Waals surface area contributed by atoms with Crippen molar-refractivity contribution in [2.75, 3.05) is 0 Å². The first-order chi connectivity index (χ1) is 16.3. The average molecular weight is 475 g/mol. The molecule has 0 aliphatic heterocycles. The minimum absolute atomic E-state index is 0.0203. The lowest BCUT2D eigenvalue weighted by Crippen LogP contribution is -2.20. The number of phenolic OH excluding ortho intramolecular Hbond substituents is 1. The number of carboxylic acids is 1. The van der Waals surface area contributed by atoms with Crippen molar-refractivity contribution >= 4 is 5.97 Å². The molecule has 3 nitrogen and oxygen atoms in total. The number of unbranched alkanes of at least 4 members (excludes halogenated alkanes) is 12. The molecule has 0 fully saturated rings. The Morgan fingerprint density at radius 1 is 0.853 bits per heavy atom. The zero-order valence-corrected chi connectivity index (χ0v) is 22.8. The zero-order chi connectivity index (χ0) is 25.2. The molecule has 0 saturated heterocycles. The highest BCUT2D eigenvalue weighted by atomic mass is 16.4. The van der Waals surface area contributed by atoms with Crippen LogP contribution in [-0.2, 0) is 16.6 Å². The first kappa shape index (κ1) is 30.5. The van der Waals surface area contributed by atoms with Crippen LogP contribution in [0.5, 0.6) is 5.75 Å². The van der Waals surface area contributed by atoms with Gasteiger partial charge in [0.15, 0.2) is 0 Å². The van der Waals surface area contributed by atoms with Crippen LogP contribution in [0.25, 0.3) is 0 Å². The van der Waals surface area contributed by atoms with Crippen LogP contribution in [-0.4, -0.2) is 16.2 Å². The SMILES string of the molecule is CCCCCCCCCCCCCCCc1c(O)cccc1C(C)(C)CCCC(C)CC(=O)O. The molecule has 1 atom stereocenters. The quantitative estimate of drug-likeness (QED) is 0.174. The molecule has 0 bridgehead atoms. The third-order valence-corrected chi connectivity index (χ3v) is 7.43. The molecule has 3 heteroatoms. The van der Waals surface area contributed by atoms with Crippen LogP contribution in [0.15, 0.2) is 18.2 Å². The van der Waals surface area contributed by atoms with E-state index in [9.17, 15) is 9.90 Å². The van der Waals surface area contributed by atoms with Crippen molar-refractivity contribution in [1.29, 1.82) is 0 Å². The lowest BCUT2D eigenvalue weighted by molar-refractivity contribution is -0.138. The Kier molecular flexibility index (Phi) is 16.0. The molecule has 0 aromatic heterocycles. The standard InChI is InChI=1S/C31H54O3/c1-5-6-7-8-9-10-11-12-13-14-15-16-17-21-27-28(22-18-23-29(27)32)31(3,4)24-19-20-26(2)25-30(33)34/h18,22-23,26,32H,5-17,19-21,24-25H2,1-4H3,(H,33,34). The van der Waals surface area contributed by atoms with Crippen molar-refractivity contribution in [3.63, 3.8) is 0 Å². The van der Waals surface area contributed by atoms with Crippen LogP contribution in [0.1, 0.15) is 148 Å². The summed E-state index contributed by atoms with van der Waals surface area (Å²) in [6.07, 6.45) is 21.7. The summed E-state index contributed by atoms with van der Waals surface area (Å²) in [6, 6.07) is 5.97. The molecule has 0 aliphatic rings. The molecule has 0 saturated carbocycles. The maximum absolute atomic E-state index is 10.9. The summed E-state index contributed by atoms with van der Waals surface area (Å²) < 4.78 is 0. The highest BCUT2D eigenvalue weighted by Gasteiger charge is 2.25. The van der Waals surface area contributed by atoms with Gasteiger partial charge in [0.25, 0.3) is 0 Å². The molecule has 196 valence electrons. The summed E-state index contributed by atoms with van der Waals surface area (Å²) in [6.45, 7) is 8.82. The normalized spacial score (nSPS) is 12.7. The van der Waals surface area contributed by atoms with Gasteiger partial charge < -0.3 is 10.2 Å². The second-order valence-corrected chi connectivity index (χ2v) is 11.3. The highest BCUT2D eigenvalue weighted by molar-refractivity contribution is 5.66. The van der Waals surface area contributed by atoms with E-state index in [1.54, 1.807) is 0 Å². The largest absolute Gasteiger partial charge is 0.508 e. The van der Waals surface area contributed by atoms with Crippen LogP contribution in [0.3, 0.4) is 0 Å². The molecule has 2 N–H and O–H groups in total. The highest BCUT2D eigenvalue weighted by Crippen LogP contribution is 2.36. The smallest absolute Gasteiger partial charge is 0.303 e. The topological polar surface area (TPSA) is 57.5 Å². The summed E-state index contributed by atoms with van der Waals surface area (Å²) in [5.74, 6) is -0.0636. The van der Waals surface area contributed by atoms with E-state index >= 15 is 0 Å². The molecule has 0 aliphatic carbocycles. The number of carbonyl (C=O) groups is 1. The monoisotopic (exact) mass is 474 g/mol. The van der Waals surface area contributed by atoms with Gasteiger partial charge in [-0.05, 0) is 47.8 Å². The Morgan fingerprint density at radius 3 is 1.91 bits per heavy atom. The van der Waals surface area contributed by atoms with Gasteiger partial charge in [-0.2, -0.15) is 0 Å². The predicted molar refractivity (Wildman–Crippen MR) is 146 cm³/mol. The maximum atomic E-state index is 10.9. The molecule has 0 radical (unpaired) electrons. The van der Waals surface area contributed by atoms with Gasteiger partial charge in [-0.3, -0.25) is 4.79 Å². The first-order valence-electron chi connectivity index (χ1n) is 14.3.